The van der Waals surface area contributed by atoms with Crippen LogP contribution in [0.4, 0.5) is 0 Å². The van der Waals surface area contributed by atoms with E-state index in [2.05, 4.69) is 20.3 Å². The molecule has 0 amide bonds. The third kappa shape index (κ3) is 1.98. The lowest BCUT2D eigenvalue weighted by molar-refractivity contribution is 0.720. The maximum Gasteiger partial charge on any atom is 0.234 e. The molecule has 0 bridgehead atoms. The number of nitrogens with zero attached hydrogens (tertiary/aromatic N) is 5. The van der Waals surface area contributed by atoms with Crippen molar-refractivity contribution in [1.82, 2.24) is 24.8 Å². The Balaban J connectivity index is 2.06. The van der Waals surface area contributed by atoms with Gasteiger partial charge < -0.3 is 5.73 Å². The van der Waals surface area contributed by atoms with Crippen molar-refractivity contribution in [2.75, 3.05) is 0 Å². The van der Waals surface area contributed by atoms with Crippen molar-refractivity contribution in [2.24, 2.45) is 5.73 Å². The molecule has 0 saturated carbocycles. The third-order valence-corrected chi connectivity index (χ3v) is 3.37. The number of aromatic nitrogens is 5. The molecule has 3 rings (SSSR count). The first-order valence-corrected chi connectivity index (χ1v) is 6.43. The van der Waals surface area contributed by atoms with Crippen LogP contribution in [0.3, 0.4) is 0 Å². The molecule has 0 saturated heterocycles. The van der Waals surface area contributed by atoms with E-state index in [0.717, 1.165) is 22.0 Å². The summed E-state index contributed by atoms with van der Waals surface area (Å²) < 4.78 is 1.75. The molecule has 0 aliphatic heterocycles. The van der Waals surface area contributed by atoms with Crippen LogP contribution in [0.5, 0.6) is 0 Å². The topological polar surface area (TPSA) is 82.0 Å². The quantitative estimate of drug-likeness (QED) is 0.763. The Morgan fingerprint density at radius 2 is 2.33 bits per heavy atom. The highest BCUT2D eigenvalue weighted by Crippen LogP contribution is 2.21. The zero-order chi connectivity index (χ0) is 12.5. The summed E-state index contributed by atoms with van der Waals surface area (Å²) in [6.45, 7) is 1.96. The van der Waals surface area contributed by atoms with Crippen LogP contribution in [0.15, 0.2) is 24.5 Å². The van der Waals surface area contributed by atoms with Crippen LogP contribution in [0.2, 0.25) is 0 Å². The fourth-order valence-corrected chi connectivity index (χ4v) is 2.66. The van der Waals surface area contributed by atoms with Crippen LogP contribution in [0.1, 0.15) is 11.9 Å². The molecule has 3 heterocycles. The molecule has 3 aromatic heterocycles. The number of nitrogens with two attached hydrogens (primary N) is 1. The predicted octanol–water partition coefficient (Wildman–Crippen LogP) is 1.14. The zero-order valence-electron chi connectivity index (χ0n) is 9.82. The highest BCUT2D eigenvalue weighted by atomic mass is 32.1. The molecule has 3 aromatic rings. The molecule has 1 unspecified atom stereocenters. The summed E-state index contributed by atoms with van der Waals surface area (Å²) >= 11 is 1.52. The van der Waals surface area contributed by atoms with E-state index in [1.54, 1.807) is 16.9 Å². The second kappa shape index (κ2) is 4.43. The summed E-state index contributed by atoms with van der Waals surface area (Å²) in [6, 6.07) is 3.90. The summed E-state index contributed by atoms with van der Waals surface area (Å²) in [5.41, 5.74) is 6.68. The van der Waals surface area contributed by atoms with Crippen molar-refractivity contribution >= 4 is 16.3 Å². The van der Waals surface area contributed by atoms with E-state index >= 15 is 0 Å². The fourth-order valence-electron chi connectivity index (χ4n) is 1.69. The molecular formula is C11H12N6S. The van der Waals surface area contributed by atoms with Gasteiger partial charge in [0.05, 0.1) is 0 Å². The Hall–Kier alpha value is -1.86. The minimum Gasteiger partial charge on any atom is -0.328 e. The molecule has 0 aliphatic carbocycles. The van der Waals surface area contributed by atoms with Gasteiger partial charge in [-0.25, -0.2) is 0 Å². The smallest absolute Gasteiger partial charge is 0.234 e. The van der Waals surface area contributed by atoms with Gasteiger partial charge in [-0.1, -0.05) is 11.3 Å². The number of pyridine rings is 1. The lowest BCUT2D eigenvalue weighted by Crippen LogP contribution is -2.17. The second-order valence-corrected chi connectivity index (χ2v) is 5.18. The molecule has 0 spiro atoms. The minimum atomic E-state index is 0.0932. The van der Waals surface area contributed by atoms with Crippen LogP contribution in [-0.2, 0) is 6.42 Å². The normalized spacial score (nSPS) is 13.0. The largest absolute Gasteiger partial charge is 0.328 e. The average Bonchev–Trinajstić information content (AvgIpc) is 2.88. The lowest BCUT2D eigenvalue weighted by atomic mass is 10.3. The molecule has 0 aromatic carbocycles. The van der Waals surface area contributed by atoms with Crippen molar-refractivity contribution < 1.29 is 0 Å². The highest BCUT2D eigenvalue weighted by molar-refractivity contribution is 7.16. The van der Waals surface area contributed by atoms with Crippen LogP contribution < -0.4 is 5.73 Å². The van der Waals surface area contributed by atoms with Gasteiger partial charge in [0.15, 0.2) is 5.82 Å². The van der Waals surface area contributed by atoms with Gasteiger partial charge in [-0.15, -0.1) is 10.2 Å². The predicted molar refractivity (Wildman–Crippen MR) is 69.2 cm³/mol. The third-order valence-electron chi connectivity index (χ3n) is 2.45. The van der Waals surface area contributed by atoms with Gasteiger partial charge in [0.1, 0.15) is 5.01 Å². The van der Waals surface area contributed by atoms with Gasteiger partial charge in [0, 0.05) is 30.4 Å². The minimum absolute atomic E-state index is 0.0932. The second-order valence-electron chi connectivity index (χ2n) is 4.14. The van der Waals surface area contributed by atoms with E-state index in [9.17, 15) is 0 Å². The van der Waals surface area contributed by atoms with Gasteiger partial charge in [-0.05, 0) is 19.1 Å². The summed E-state index contributed by atoms with van der Waals surface area (Å²) in [4.78, 5) is 4.86. The SMILES string of the molecule is CC(N)Cc1nn2c(-c3cccnc3)nnc2s1. The highest BCUT2D eigenvalue weighted by Gasteiger charge is 2.13. The summed E-state index contributed by atoms with van der Waals surface area (Å²) in [7, 11) is 0. The fraction of sp³-hybridized carbons (Fsp3) is 0.273. The van der Waals surface area contributed by atoms with Crippen LogP contribution in [0.25, 0.3) is 16.3 Å². The monoisotopic (exact) mass is 260 g/mol. The molecule has 0 fully saturated rings. The van der Waals surface area contributed by atoms with Gasteiger partial charge in [-0.2, -0.15) is 9.61 Å². The van der Waals surface area contributed by atoms with E-state index in [4.69, 9.17) is 5.73 Å². The number of hydrogen-bond acceptors (Lipinski definition) is 6. The van der Waals surface area contributed by atoms with Gasteiger partial charge >= 0.3 is 0 Å². The molecule has 6 nitrogen and oxygen atoms in total. The van der Waals surface area contributed by atoms with E-state index in [0.29, 0.717) is 5.82 Å². The van der Waals surface area contributed by atoms with Crippen LogP contribution in [-0.4, -0.2) is 30.8 Å². The maximum absolute atomic E-state index is 5.78. The molecule has 0 aliphatic rings. The first-order valence-electron chi connectivity index (χ1n) is 5.61. The van der Waals surface area contributed by atoms with Crippen LogP contribution in [0, 0.1) is 0 Å². The standard InChI is InChI=1S/C11H12N6S/c1-7(12)5-9-16-17-10(14-15-11(17)18-9)8-3-2-4-13-6-8/h2-4,6-7H,5,12H2,1H3. The van der Waals surface area contributed by atoms with Crippen LogP contribution >= 0.6 is 11.3 Å². The van der Waals surface area contributed by atoms with Crippen molar-refractivity contribution in [2.45, 2.75) is 19.4 Å². The average molecular weight is 260 g/mol. The summed E-state index contributed by atoms with van der Waals surface area (Å²) in [6.07, 6.45) is 4.23. The van der Waals surface area contributed by atoms with Crippen molar-refractivity contribution in [3.63, 3.8) is 0 Å². The number of fused-ring (bicyclic) bond motifs is 1. The Kier molecular flexibility index (Phi) is 2.77. The molecule has 18 heavy (non-hydrogen) atoms. The van der Waals surface area contributed by atoms with Gasteiger partial charge in [-0.3, -0.25) is 4.98 Å². The maximum atomic E-state index is 5.78. The summed E-state index contributed by atoms with van der Waals surface area (Å²) in [5, 5.41) is 13.7. The van der Waals surface area contributed by atoms with Crippen molar-refractivity contribution in [3.8, 4) is 11.4 Å². The van der Waals surface area contributed by atoms with Crippen molar-refractivity contribution in [3.05, 3.63) is 29.5 Å². The van der Waals surface area contributed by atoms with Crippen molar-refractivity contribution in [1.29, 1.82) is 0 Å². The Morgan fingerprint density at radius 1 is 1.44 bits per heavy atom. The summed E-state index contributed by atoms with van der Waals surface area (Å²) in [5.74, 6) is 0.713. The van der Waals surface area contributed by atoms with E-state index in [1.807, 2.05) is 19.1 Å². The Morgan fingerprint density at radius 3 is 3.06 bits per heavy atom. The van der Waals surface area contributed by atoms with E-state index < -0.39 is 0 Å². The zero-order valence-corrected chi connectivity index (χ0v) is 10.6. The Bertz CT molecular complexity index is 657. The van der Waals surface area contributed by atoms with E-state index in [1.165, 1.54) is 11.3 Å². The molecule has 7 heteroatoms. The molecular weight excluding hydrogens is 248 g/mol. The van der Waals surface area contributed by atoms with E-state index in [-0.39, 0.29) is 6.04 Å². The molecule has 2 N–H and O–H groups in total. The van der Waals surface area contributed by atoms with Gasteiger partial charge in [0.2, 0.25) is 4.96 Å². The van der Waals surface area contributed by atoms with Gasteiger partial charge in [0.25, 0.3) is 0 Å². The first kappa shape index (κ1) is 11.2. The molecule has 1 atom stereocenters. The first-order chi connectivity index (χ1) is 8.74. The molecule has 0 radical (unpaired) electrons. The number of rotatable bonds is 3. The number of hydrogen-bond donors (Lipinski definition) is 1. The molecule has 92 valence electrons. The lowest BCUT2D eigenvalue weighted by Gasteiger charge is -1.98. The Labute approximate surface area is 107 Å².